The van der Waals surface area contributed by atoms with Gasteiger partial charge in [-0.25, -0.2) is 0 Å². The molecular formula is C15H14N4. The molecule has 2 N–H and O–H groups in total. The standard InChI is InChI=1S/C15H14N4/c1-10-8-19-14(9-18-10)15(16)12-4-2-6-13-11(12)5-3-7-17-13/h2-9,15H,16H2,1H3. The summed E-state index contributed by atoms with van der Waals surface area (Å²) in [6.07, 6.45) is 5.25. The molecule has 0 amide bonds. The monoisotopic (exact) mass is 250 g/mol. The van der Waals surface area contributed by atoms with Crippen molar-refractivity contribution < 1.29 is 0 Å². The van der Waals surface area contributed by atoms with E-state index in [0.29, 0.717) is 0 Å². The summed E-state index contributed by atoms with van der Waals surface area (Å²) in [6.45, 7) is 1.91. The number of fused-ring (bicyclic) bond motifs is 1. The summed E-state index contributed by atoms with van der Waals surface area (Å²) < 4.78 is 0. The molecule has 2 heterocycles. The lowest BCUT2D eigenvalue weighted by Crippen LogP contribution is -2.14. The Kier molecular flexibility index (Phi) is 2.93. The van der Waals surface area contributed by atoms with Crippen molar-refractivity contribution >= 4 is 10.9 Å². The van der Waals surface area contributed by atoms with Gasteiger partial charge in [0.2, 0.25) is 0 Å². The molecule has 0 bridgehead atoms. The largest absolute Gasteiger partial charge is 0.319 e. The summed E-state index contributed by atoms with van der Waals surface area (Å²) in [4.78, 5) is 12.9. The molecule has 0 aliphatic heterocycles. The SMILES string of the molecule is Cc1cnc(C(N)c2cccc3ncccc23)cn1. The summed E-state index contributed by atoms with van der Waals surface area (Å²) in [5.41, 5.74) is 9.91. The van der Waals surface area contributed by atoms with Crippen LogP contribution in [0.1, 0.15) is 23.0 Å². The molecule has 0 aliphatic rings. The average molecular weight is 250 g/mol. The molecule has 94 valence electrons. The Morgan fingerprint density at radius 2 is 1.89 bits per heavy atom. The predicted molar refractivity (Wildman–Crippen MR) is 74.5 cm³/mol. The number of hydrogen-bond donors (Lipinski definition) is 1. The van der Waals surface area contributed by atoms with Gasteiger partial charge in [0, 0.05) is 17.8 Å². The third-order valence-electron chi connectivity index (χ3n) is 3.13. The molecule has 0 spiro atoms. The lowest BCUT2D eigenvalue weighted by Gasteiger charge is -2.13. The van der Waals surface area contributed by atoms with Gasteiger partial charge in [0.25, 0.3) is 0 Å². The van der Waals surface area contributed by atoms with Gasteiger partial charge < -0.3 is 5.73 Å². The van der Waals surface area contributed by atoms with E-state index in [1.54, 1.807) is 18.6 Å². The van der Waals surface area contributed by atoms with Gasteiger partial charge in [-0.3, -0.25) is 15.0 Å². The Labute approximate surface area is 111 Å². The minimum atomic E-state index is -0.291. The maximum Gasteiger partial charge on any atom is 0.0799 e. The first-order chi connectivity index (χ1) is 9.25. The van der Waals surface area contributed by atoms with Crippen LogP contribution in [0.2, 0.25) is 0 Å². The Balaban J connectivity index is 2.11. The highest BCUT2D eigenvalue weighted by molar-refractivity contribution is 5.82. The molecule has 3 rings (SSSR count). The van der Waals surface area contributed by atoms with E-state index in [1.807, 2.05) is 37.3 Å². The zero-order valence-corrected chi connectivity index (χ0v) is 10.6. The molecule has 0 radical (unpaired) electrons. The molecule has 0 fully saturated rings. The van der Waals surface area contributed by atoms with E-state index in [2.05, 4.69) is 15.0 Å². The third kappa shape index (κ3) is 2.18. The van der Waals surface area contributed by atoms with Crippen LogP contribution in [0, 0.1) is 6.92 Å². The summed E-state index contributed by atoms with van der Waals surface area (Å²) in [5.74, 6) is 0. The van der Waals surface area contributed by atoms with Crippen molar-refractivity contribution in [2.75, 3.05) is 0 Å². The lowest BCUT2D eigenvalue weighted by molar-refractivity contribution is 0.819. The molecule has 0 aliphatic carbocycles. The first-order valence-electron chi connectivity index (χ1n) is 6.13. The highest BCUT2D eigenvalue weighted by Crippen LogP contribution is 2.24. The number of rotatable bonds is 2. The molecule has 3 aromatic rings. The van der Waals surface area contributed by atoms with Crippen LogP contribution in [0.15, 0.2) is 48.9 Å². The number of aromatic nitrogens is 3. The molecule has 2 aromatic heterocycles. The van der Waals surface area contributed by atoms with Crippen LogP contribution in [0.3, 0.4) is 0 Å². The van der Waals surface area contributed by atoms with Gasteiger partial charge in [0.1, 0.15) is 0 Å². The van der Waals surface area contributed by atoms with Crippen LogP contribution in [0.4, 0.5) is 0 Å². The summed E-state index contributed by atoms with van der Waals surface area (Å²) >= 11 is 0. The van der Waals surface area contributed by atoms with Gasteiger partial charge in [-0.15, -0.1) is 0 Å². The smallest absolute Gasteiger partial charge is 0.0799 e. The second-order valence-electron chi connectivity index (χ2n) is 4.48. The Bertz CT molecular complexity index is 701. The molecule has 1 atom stereocenters. The van der Waals surface area contributed by atoms with Crippen molar-refractivity contribution in [2.24, 2.45) is 5.73 Å². The normalized spacial score (nSPS) is 12.5. The van der Waals surface area contributed by atoms with Crippen molar-refractivity contribution in [3.05, 3.63) is 65.9 Å². The fourth-order valence-electron chi connectivity index (χ4n) is 2.12. The molecule has 4 nitrogen and oxygen atoms in total. The summed E-state index contributed by atoms with van der Waals surface area (Å²) in [5, 5.41) is 1.06. The van der Waals surface area contributed by atoms with E-state index in [0.717, 1.165) is 27.9 Å². The third-order valence-corrected chi connectivity index (χ3v) is 3.13. The van der Waals surface area contributed by atoms with Crippen LogP contribution >= 0.6 is 0 Å². The van der Waals surface area contributed by atoms with Crippen LogP contribution in [-0.2, 0) is 0 Å². The van der Waals surface area contributed by atoms with E-state index in [-0.39, 0.29) is 6.04 Å². The van der Waals surface area contributed by atoms with Crippen molar-refractivity contribution in [1.82, 2.24) is 15.0 Å². The van der Waals surface area contributed by atoms with Crippen LogP contribution in [0.25, 0.3) is 10.9 Å². The first kappa shape index (κ1) is 11.7. The van der Waals surface area contributed by atoms with E-state index in [9.17, 15) is 0 Å². The Hall–Kier alpha value is -2.33. The average Bonchev–Trinajstić information content (AvgIpc) is 2.47. The van der Waals surface area contributed by atoms with Gasteiger partial charge in [0.15, 0.2) is 0 Å². The Morgan fingerprint density at radius 3 is 2.68 bits per heavy atom. The topological polar surface area (TPSA) is 64.7 Å². The first-order valence-corrected chi connectivity index (χ1v) is 6.13. The summed E-state index contributed by atoms with van der Waals surface area (Å²) in [7, 11) is 0. The van der Waals surface area contributed by atoms with Crippen molar-refractivity contribution in [1.29, 1.82) is 0 Å². The second kappa shape index (κ2) is 4.74. The zero-order valence-electron chi connectivity index (χ0n) is 10.6. The fraction of sp³-hybridized carbons (Fsp3) is 0.133. The molecule has 1 aromatic carbocycles. The van der Waals surface area contributed by atoms with Crippen LogP contribution in [0.5, 0.6) is 0 Å². The number of aryl methyl sites for hydroxylation is 1. The van der Waals surface area contributed by atoms with Gasteiger partial charge in [0.05, 0.1) is 29.1 Å². The van der Waals surface area contributed by atoms with Crippen molar-refractivity contribution in [2.45, 2.75) is 13.0 Å². The molecule has 1 unspecified atom stereocenters. The lowest BCUT2D eigenvalue weighted by atomic mass is 10.00. The maximum atomic E-state index is 6.30. The van der Waals surface area contributed by atoms with Gasteiger partial charge in [-0.1, -0.05) is 18.2 Å². The quantitative estimate of drug-likeness (QED) is 0.758. The van der Waals surface area contributed by atoms with E-state index in [1.165, 1.54) is 0 Å². The maximum absolute atomic E-state index is 6.30. The molecular weight excluding hydrogens is 236 g/mol. The minimum absolute atomic E-state index is 0.291. The Morgan fingerprint density at radius 1 is 1.00 bits per heavy atom. The summed E-state index contributed by atoms with van der Waals surface area (Å²) in [6, 6.07) is 9.61. The molecule has 0 saturated heterocycles. The highest BCUT2D eigenvalue weighted by atomic mass is 14.8. The van der Waals surface area contributed by atoms with E-state index in [4.69, 9.17) is 5.73 Å². The van der Waals surface area contributed by atoms with Gasteiger partial charge >= 0.3 is 0 Å². The molecule has 19 heavy (non-hydrogen) atoms. The fourth-order valence-corrected chi connectivity index (χ4v) is 2.12. The van der Waals surface area contributed by atoms with Gasteiger partial charge in [-0.2, -0.15) is 0 Å². The molecule has 0 saturated carbocycles. The van der Waals surface area contributed by atoms with Crippen LogP contribution < -0.4 is 5.73 Å². The number of nitrogens with two attached hydrogens (primary N) is 1. The second-order valence-corrected chi connectivity index (χ2v) is 4.48. The number of benzene rings is 1. The van der Waals surface area contributed by atoms with E-state index >= 15 is 0 Å². The van der Waals surface area contributed by atoms with E-state index < -0.39 is 0 Å². The minimum Gasteiger partial charge on any atom is -0.319 e. The van der Waals surface area contributed by atoms with Crippen molar-refractivity contribution in [3.8, 4) is 0 Å². The number of hydrogen-bond acceptors (Lipinski definition) is 4. The predicted octanol–water partition coefficient (Wildman–Crippen LogP) is 2.38. The zero-order chi connectivity index (χ0) is 13.2. The van der Waals surface area contributed by atoms with Crippen molar-refractivity contribution in [3.63, 3.8) is 0 Å². The van der Waals surface area contributed by atoms with Crippen LogP contribution in [-0.4, -0.2) is 15.0 Å². The number of nitrogens with zero attached hydrogens (tertiary/aromatic N) is 3. The molecule has 4 heteroatoms. The van der Waals surface area contributed by atoms with Gasteiger partial charge in [-0.05, 0) is 24.6 Å². The number of pyridine rings is 1. The highest BCUT2D eigenvalue weighted by Gasteiger charge is 2.13.